The first-order valence-corrected chi connectivity index (χ1v) is 9.05. The van der Waals surface area contributed by atoms with Gasteiger partial charge in [0.2, 0.25) is 0 Å². The first-order valence-electron chi connectivity index (χ1n) is 8.00. The van der Waals surface area contributed by atoms with E-state index in [0.717, 1.165) is 27.5 Å². The van der Waals surface area contributed by atoms with Gasteiger partial charge in [-0.05, 0) is 18.9 Å². The van der Waals surface area contributed by atoms with Crippen LogP contribution in [0.15, 0.2) is 28.7 Å². The molecule has 0 bridgehead atoms. The number of fused-ring (bicyclic) bond motifs is 1. The van der Waals surface area contributed by atoms with Gasteiger partial charge >= 0.3 is 0 Å². The van der Waals surface area contributed by atoms with Crippen LogP contribution in [-0.4, -0.2) is 30.2 Å². The van der Waals surface area contributed by atoms with Crippen LogP contribution in [0.3, 0.4) is 0 Å². The Labute approximate surface area is 136 Å². The van der Waals surface area contributed by atoms with Crippen LogP contribution in [0.1, 0.15) is 48.2 Å². The fourth-order valence-electron chi connectivity index (χ4n) is 3.05. The molecule has 1 aliphatic carbocycles. The number of hydrogen-bond donors (Lipinski definition) is 0. The lowest BCUT2D eigenvalue weighted by Crippen LogP contribution is -2.22. The van der Waals surface area contributed by atoms with Crippen molar-refractivity contribution in [3.8, 4) is 0 Å². The Morgan fingerprint density at radius 2 is 1.95 bits per heavy atom. The number of carbonyl (C=O) groups excluding carboxylic acids is 1. The van der Waals surface area contributed by atoms with Crippen molar-refractivity contribution in [2.45, 2.75) is 43.1 Å². The minimum atomic E-state index is -0.0459. The summed E-state index contributed by atoms with van der Waals surface area (Å²) in [5.41, 5.74) is 1.87. The Balaban J connectivity index is 1.88. The molecule has 3 rings (SSSR count). The second-order valence-electron chi connectivity index (χ2n) is 6.18. The number of para-hydroxylation sites is 1. The van der Waals surface area contributed by atoms with Crippen molar-refractivity contribution in [2.24, 2.45) is 0 Å². The van der Waals surface area contributed by atoms with Crippen molar-refractivity contribution >= 4 is 28.6 Å². The van der Waals surface area contributed by atoms with Crippen LogP contribution >= 0.6 is 11.8 Å². The van der Waals surface area contributed by atoms with E-state index in [1.807, 2.05) is 30.0 Å². The van der Waals surface area contributed by atoms with E-state index in [0.29, 0.717) is 5.76 Å². The molecule has 1 fully saturated rings. The summed E-state index contributed by atoms with van der Waals surface area (Å²) in [5, 5.41) is 1.81. The number of amides is 1. The van der Waals surface area contributed by atoms with Gasteiger partial charge in [0.15, 0.2) is 5.76 Å². The van der Waals surface area contributed by atoms with Gasteiger partial charge in [-0.1, -0.05) is 37.5 Å². The van der Waals surface area contributed by atoms with Gasteiger partial charge < -0.3 is 9.32 Å². The van der Waals surface area contributed by atoms with Crippen LogP contribution in [0.2, 0.25) is 0 Å². The molecule has 0 N–H and O–H groups in total. The Bertz CT molecular complexity index is 656. The highest BCUT2D eigenvalue weighted by Crippen LogP contribution is 2.35. The summed E-state index contributed by atoms with van der Waals surface area (Å²) in [5.74, 6) is 1.32. The van der Waals surface area contributed by atoms with Crippen LogP contribution < -0.4 is 0 Å². The number of rotatable bonds is 4. The van der Waals surface area contributed by atoms with E-state index in [-0.39, 0.29) is 5.91 Å². The van der Waals surface area contributed by atoms with E-state index in [2.05, 4.69) is 6.07 Å². The second-order valence-corrected chi connectivity index (χ2v) is 7.47. The lowest BCUT2D eigenvalue weighted by molar-refractivity contribution is 0.0798. The van der Waals surface area contributed by atoms with Gasteiger partial charge in [0.25, 0.3) is 5.91 Å². The maximum Gasteiger partial charge on any atom is 0.289 e. The van der Waals surface area contributed by atoms with Gasteiger partial charge in [-0.15, -0.1) is 0 Å². The van der Waals surface area contributed by atoms with Crippen molar-refractivity contribution in [1.29, 1.82) is 0 Å². The monoisotopic (exact) mass is 317 g/mol. The van der Waals surface area contributed by atoms with Crippen molar-refractivity contribution < 1.29 is 9.21 Å². The Morgan fingerprint density at radius 1 is 1.23 bits per heavy atom. The Hall–Kier alpha value is -1.42. The number of carbonyl (C=O) groups is 1. The molecule has 1 aromatic heterocycles. The largest absolute Gasteiger partial charge is 0.451 e. The van der Waals surface area contributed by atoms with Gasteiger partial charge in [-0.3, -0.25) is 4.79 Å². The SMILES string of the molecule is CN(C)C(=O)c1oc2ccccc2c1CSC1CCCCC1. The summed E-state index contributed by atoms with van der Waals surface area (Å²) in [6.07, 6.45) is 6.66. The quantitative estimate of drug-likeness (QED) is 0.819. The Kier molecular flexibility index (Phi) is 4.77. The zero-order valence-corrected chi connectivity index (χ0v) is 14.1. The Morgan fingerprint density at radius 3 is 2.68 bits per heavy atom. The van der Waals surface area contributed by atoms with Crippen LogP contribution in [0.25, 0.3) is 11.0 Å². The normalized spacial score (nSPS) is 16.1. The summed E-state index contributed by atoms with van der Waals surface area (Å²) < 4.78 is 5.86. The lowest BCUT2D eigenvalue weighted by atomic mass is 10.0. The molecule has 0 atom stereocenters. The van der Waals surface area contributed by atoms with Gasteiger partial charge in [0.05, 0.1) is 0 Å². The van der Waals surface area contributed by atoms with Crippen molar-refractivity contribution in [3.05, 3.63) is 35.6 Å². The highest BCUT2D eigenvalue weighted by molar-refractivity contribution is 7.99. The average Bonchev–Trinajstić information content (AvgIpc) is 2.91. The van der Waals surface area contributed by atoms with Crippen LogP contribution in [0, 0.1) is 0 Å². The highest BCUT2D eigenvalue weighted by Gasteiger charge is 2.23. The molecular weight excluding hydrogens is 294 g/mol. The van der Waals surface area contributed by atoms with E-state index in [4.69, 9.17) is 4.42 Å². The smallest absolute Gasteiger partial charge is 0.289 e. The molecule has 1 saturated carbocycles. The molecule has 3 nitrogen and oxygen atoms in total. The standard InChI is InChI=1S/C18H23NO2S/c1-19(2)18(20)17-15(12-22-13-8-4-3-5-9-13)14-10-6-7-11-16(14)21-17/h6-7,10-11,13H,3-5,8-9,12H2,1-2H3. The summed E-state index contributed by atoms with van der Waals surface area (Å²) in [4.78, 5) is 14.0. The topological polar surface area (TPSA) is 33.5 Å². The minimum absolute atomic E-state index is 0.0459. The summed E-state index contributed by atoms with van der Waals surface area (Å²) in [7, 11) is 3.54. The molecule has 0 spiro atoms. The zero-order valence-electron chi connectivity index (χ0n) is 13.3. The van der Waals surface area contributed by atoms with Gasteiger partial charge in [0, 0.05) is 36.0 Å². The number of hydrogen-bond acceptors (Lipinski definition) is 3. The van der Waals surface area contributed by atoms with Crippen LogP contribution in [0.4, 0.5) is 0 Å². The van der Waals surface area contributed by atoms with Gasteiger partial charge in [-0.2, -0.15) is 11.8 Å². The highest BCUT2D eigenvalue weighted by atomic mass is 32.2. The van der Waals surface area contributed by atoms with Crippen molar-refractivity contribution in [3.63, 3.8) is 0 Å². The summed E-state index contributed by atoms with van der Waals surface area (Å²) in [6, 6.07) is 7.96. The maximum atomic E-state index is 12.4. The summed E-state index contributed by atoms with van der Waals surface area (Å²) in [6.45, 7) is 0. The van der Waals surface area contributed by atoms with E-state index >= 15 is 0 Å². The zero-order chi connectivity index (χ0) is 15.5. The number of benzene rings is 1. The fourth-order valence-corrected chi connectivity index (χ4v) is 4.41. The molecule has 4 heteroatoms. The molecule has 1 amide bonds. The minimum Gasteiger partial charge on any atom is -0.451 e. The van der Waals surface area contributed by atoms with Crippen molar-refractivity contribution in [1.82, 2.24) is 4.90 Å². The molecule has 1 aromatic carbocycles. The van der Waals surface area contributed by atoms with Gasteiger partial charge in [0.1, 0.15) is 5.58 Å². The molecule has 0 unspecified atom stereocenters. The summed E-state index contributed by atoms with van der Waals surface area (Å²) >= 11 is 1.98. The van der Waals surface area contributed by atoms with Crippen LogP contribution in [-0.2, 0) is 5.75 Å². The molecule has 118 valence electrons. The number of thioether (sulfide) groups is 1. The first-order chi connectivity index (χ1) is 10.7. The average molecular weight is 317 g/mol. The molecular formula is C18H23NO2S. The third-order valence-electron chi connectivity index (χ3n) is 4.31. The molecule has 0 saturated heterocycles. The van der Waals surface area contributed by atoms with Crippen molar-refractivity contribution in [2.75, 3.05) is 14.1 Å². The van der Waals surface area contributed by atoms with E-state index in [1.54, 1.807) is 19.0 Å². The maximum absolute atomic E-state index is 12.4. The molecule has 2 aromatic rings. The van der Waals surface area contributed by atoms with Crippen LogP contribution in [0.5, 0.6) is 0 Å². The predicted molar refractivity (Wildman–Crippen MR) is 92.4 cm³/mol. The second kappa shape index (κ2) is 6.78. The number of furan rings is 1. The third-order valence-corrected chi connectivity index (χ3v) is 5.71. The fraction of sp³-hybridized carbons (Fsp3) is 0.500. The predicted octanol–water partition coefficient (Wildman–Crippen LogP) is 4.70. The third kappa shape index (κ3) is 3.17. The molecule has 22 heavy (non-hydrogen) atoms. The van der Waals surface area contributed by atoms with E-state index in [1.165, 1.54) is 32.1 Å². The molecule has 0 aliphatic heterocycles. The van der Waals surface area contributed by atoms with Gasteiger partial charge in [-0.25, -0.2) is 0 Å². The molecule has 0 radical (unpaired) electrons. The van der Waals surface area contributed by atoms with E-state index < -0.39 is 0 Å². The number of nitrogens with zero attached hydrogens (tertiary/aromatic N) is 1. The van der Waals surface area contributed by atoms with E-state index in [9.17, 15) is 4.79 Å². The first kappa shape index (κ1) is 15.5. The molecule has 1 aliphatic rings. The molecule has 1 heterocycles. The lowest BCUT2D eigenvalue weighted by Gasteiger charge is -2.21.